The molecule has 2 bridgehead atoms. The number of aryl methyl sites for hydroxylation is 2. The van der Waals surface area contributed by atoms with Gasteiger partial charge < -0.3 is 15.8 Å². The summed E-state index contributed by atoms with van der Waals surface area (Å²) in [6, 6.07) is 0.117. The van der Waals surface area contributed by atoms with Crippen molar-refractivity contribution in [1.82, 2.24) is 15.1 Å². The number of rotatable bonds is 3. The van der Waals surface area contributed by atoms with E-state index in [9.17, 15) is 4.79 Å². The Balaban J connectivity index is 1.77. The van der Waals surface area contributed by atoms with Crippen LogP contribution >= 0.6 is 0 Å². The van der Waals surface area contributed by atoms with E-state index in [-0.39, 0.29) is 18.1 Å². The third kappa shape index (κ3) is 2.00. The lowest BCUT2D eigenvalue weighted by Crippen LogP contribution is -2.42. The zero-order valence-electron chi connectivity index (χ0n) is 11.3. The molecule has 2 aliphatic rings. The first-order chi connectivity index (χ1) is 9.10. The summed E-state index contributed by atoms with van der Waals surface area (Å²) in [6.07, 6.45) is 3.57. The molecule has 3 unspecified atom stereocenters. The van der Waals surface area contributed by atoms with E-state index < -0.39 is 0 Å². The van der Waals surface area contributed by atoms with E-state index in [1.54, 1.807) is 4.68 Å². The Morgan fingerprint density at radius 2 is 2.37 bits per heavy atom. The molecule has 19 heavy (non-hydrogen) atoms. The highest BCUT2D eigenvalue weighted by Gasteiger charge is 2.41. The number of nitrogens with zero attached hydrogens (tertiary/aromatic N) is 2. The largest absolute Gasteiger partial charge is 0.395 e. The Hall–Kier alpha value is -1.56. The number of fused-ring (bicyclic) bond motifs is 2. The molecule has 3 heterocycles. The predicted molar refractivity (Wildman–Crippen MR) is 70.8 cm³/mol. The van der Waals surface area contributed by atoms with Crippen LogP contribution < -0.4 is 11.1 Å². The first-order valence-corrected chi connectivity index (χ1v) is 6.89. The predicted octanol–water partition coefficient (Wildman–Crippen LogP) is 0.843. The molecule has 3 N–H and O–H groups in total. The number of ether oxygens (including phenoxy) is 1. The van der Waals surface area contributed by atoms with Gasteiger partial charge in [-0.3, -0.25) is 9.48 Å². The lowest BCUT2D eigenvalue weighted by Gasteiger charge is -2.20. The van der Waals surface area contributed by atoms with Gasteiger partial charge >= 0.3 is 0 Å². The molecule has 6 heteroatoms. The first kappa shape index (κ1) is 12.5. The van der Waals surface area contributed by atoms with E-state index in [0.717, 1.165) is 19.3 Å². The fourth-order valence-electron chi connectivity index (χ4n) is 3.09. The maximum absolute atomic E-state index is 12.4. The number of aromatic nitrogens is 2. The van der Waals surface area contributed by atoms with E-state index in [2.05, 4.69) is 10.4 Å². The average Bonchev–Trinajstić information content (AvgIpc) is 3.05. The van der Waals surface area contributed by atoms with Crippen LogP contribution in [0, 0.1) is 6.92 Å². The van der Waals surface area contributed by atoms with Crippen LogP contribution in [0.5, 0.6) is 0 Å². The summed E-state index contributed by atoms with van der Waals surface area (Å²) in [6.45, 7) is 4.40. The lowest BCUT2D eigenvalue weighted by molar-refractivity contribution is 0.0834. The Labute approximate surface area is 112 Å². The minimum Gasteiger partial charge on any atom is -0.395 e. The van der Waals surface area contributed by atoms with Gasteiger partial charge in [0.1, 0.15) is 5.69 Å². The summed E-state index contributed by atoms with van der Waals surface area (Å²) in [4.78, 5) is 12.4. The number of carbonyl (C=O) groups is 1. The number of amides is 1. The van der Waals surface area contributed by atoms with Crippen molar-refractivity contribution in [3.05, 3.63) is 11.4 Å². The van der Waals surface area contributed by atoms with E-state index in [4.69, 9.17) is 10.5 Å². The van der Waals surface area contributed by atoms with Crippen LogP contribution in [0.3, 0.4) is 0 Å². The minimum atomic E-state index is -0.138. The third-order valence-electron chi connectivity index (χ3n) is 4.11. The Bertz CT molecular complexity index is 511. The normalized spacial score (nSPS) is 28.8. The van der Waals surface area contributed by atoms with Crippen molar-refractivity contribution in [1.29, 1.82) is 0 Å². The van der Waals surface area contributed by atoms with Crippen LogP contribution in [0.25, 0.3) is 0 Å². The highest BCUT2D eigenvalue weighted by atomic mass is 16.5. The number of nitrogens with one attached hydrogen (secondary N) is 1. The number of hydrogen-bond acceptors (Lipinski definition) is 4. The smallest absolute Gasteiger partial charge is 0.272 e. The molecule has 6 nitrogen and oxygen atoms in total. The molecule has 0 saturated carbocycles. The van der Waals surface area contributed by atoms with Crippen LogP contribution in [0.15, 0.2) is 0 Å². The molecule has 2 fully saturated rings. The van der Waals surface area contributed by atoms with E-state index in [0.29, 0.717) is 29.7 Å². The van der Waals surface area contributed by atoms with Gasteiger partial charge in [0.05, 0.1) is 29.6 Å². The minimum absolute atomic E-state index is 0.117. The van der Waals surface area contributed by atoms with Crippen LogP contribution in [0.4, 0.5) is 5.69 Å². The molecule has 0 radical (unpaired) electrons. The van der Waals surface area contributed by atoms with E-state index in [1.807, 2.05) is 13.8 Å². The molecule has 104 valence electrons. The first-order valence-electron chi connectivity index (χ1n) is 6.89. The number of nitrogen functional groups attached to an aromatic ring is 1. The van der Waals surface area contributed by atoms with Gasteiger partial charge in [-0.15, -0.1) is 0 Å². The standard InChI is InChI=1S/C13H20N4O2/c1-3-17-12(11(14)7(2)16-17)13(18)15-9-6-8-4-5-10(9)19-8/h8-10H,3-6,14H2,1-2H3,(H,15,18). The van der Waals surface area contributed by atoms with Crippen LogP contribution in [0.1, 0.15) is 42.4 Å². The molecule has 1 amide bonds. The molecule has 3 atom stereocenters. The highest BCUT2D eigenvalue weighted by Crippen LogP contribution is 2.34. The SMILES string of the molecule is CCn1nc(C)c(N)c1C(=O)NC1CC2CCC1O2. The summed E-state index contributed by atoms with van der Waals surface area (Å²) in [5, 5.41) is 7.32. The van der Waals surface area contributed by atoms with Crippen molar-refractivity contribution in [2.24, 2.45) is 0 Å². The fraction of sp³-hybridized carbons (Fsp3) is 0.692. The zero-order chi connectivity index (χ0) is 13.6. The van der Waals surface area contributed by atoms with Gasteiger partial charge in [0.15, 0.2) is 0 Å². The van der Waals surface area contributed by atoms with Crippen molar-refractivity contribution >= 4 is 11.6 Å². The molecule has 0 aliphatic carbocycles. The zero-order valence-corrected chi connectivity index (χ0v) is 11.3. The molecule has 1 aromatic heterocycles. The lowest BCUT2D eigenvalue weighted by atomic mass is 9.95. The molecule has 2 aliphatic heterocycles. The third-order valence-corrected chi connectivity index (χ3v) is 4.11. The Morgan fingerprint density at radius 3 is 2.95 bits per heavy atom. The van der Waals surface area contributed by atoms with Gasteiger partial charge in [-0.1, -0.05) is 0 Å². The Morgan fingerprint density at radius 1 is 1.58 bits per heavy atom. The summed E-state index contributed by atoms with van der Waals surface area (Å²) in [5.74, 6) is -0.138. The fourth-order valence-corrected chi connectivity index (χ4v) is 3.09. The molecule has 3 rings (SSSR count). The number of carbonyl (C=O) groups excluding carboxylic acids is 1. The van der Waals surface area contributed by atoms with Crippen molar-refractivity contribution in [2.45, 2.75) is 57.9 Å². The summed E-state index contributed by atoms with van der Waals surface area (Å²) >= 11 is 0. The topological polar surface area (TPSA) is 82.2 Å². The highest BCUT2D eigenvalue weighted by molar-refractivity contribution is 5.98. The van der Waals surface area contributed by atoms with Gasteiger partial charge in [-0.05, 0) is 33.1 Å². The quantitative estimate of drug-likeness (QED) is 0.847. The molecular formula is C13H20N4O2. The van der Waals surface area contributed by atoms with Gasteiger partial charge in [0.2, 0.25) is 0 Å². The van der Waals surface area contributed by atoms with Gasteiger partial charge in [-0.2, -0.15) is 5.10 Å². The second-order valence-electron chi connectivity index (χ2n) is 5.35. The van der Waals surface area contributed by atoms with Crippen LogP contribution in [-0.2, 0) is 11.3 Å². The molecule has 0 spiro atoms. The van der Waals surface area contributed by atoms with Crippen molar-refractivity contribution in [3.63, 3.8) is 0 Å². The summed E-state index contributed by atoms with van der Waals surface area (Å²) in [5.41, 5.74) is 7.61. The monoisotopic (exact) mass is 264 g/mol. The van der Waals surface area contributed by atoms with Crippen LogP contribution in [0.2, 0.25) is 0 Å². The maximum atomic E-state index is 12.4. The second kappa shape index (κ2) is 4.52. The van der Waals surface area contributed by atoms with Crippen molar-refractivity contribution in [3.8, 4) is 0 Å². The van der Waals surface area contributed by atoms with Gasteiger partial charge in [0, 0.05) is 6.54 Å². The van der Waals surface area contributed by atoms with Gasteiger partial charge in [-0.25, -0.2) is 0 Å². The average molecular weight is 264 g/mol. The summed E-state index contributed by atoms with van der Waals surface area (Å²) in [7, 11) is 0. The van der Waals surface area contributed by atoms with Gasteiger partial charge in [0.25, 0.3) is 5.91 Å². The Kier molecular flexibility index (Phi) is 2.97. The molecule has 0 aromatic carbocycles. The molecular weight excluding hydrogens is 244 g/mol. The van der Waals surface area contributed by atoms with E-state index >= 15 is 0 Å². The number of anilines is 1. The second-order valence-corrected chi connectivity index (χ2v) is 5.35. The summed E-state index contributed by atoms with van der Waals surface area (Å²) < 4.78 is 7.41. The number of hydrogen-bond donors (Lipinski definition) is 2. The number of nitrogens with two attached hydrogens (primary N) is 1. The van der Waals surface area contributed by atoms with Crippen LogP contribution in [-0.4, -0.2) is 33.9 Å². The maximum Gasteiger partial charge on any atom is 0.272 e. The molecule has 2 saturated heterocycles. The van der Waals surface area contributed by atoms with Crippen molar-refractivity contribution < 1.29 is 9.53 Å². The molecule has 1 aromatic rings. The van der Waals surface area contributed by atoms with Crippen molar-refractivity contribution in [2.75, 3.05) is 5.73 Å². The van der Waals surface area contributed by atoms with E-state index in [1.165, 1.54) is 0 Å².